The molecule has 0 spiro atoms. The van der Waals surface area contributed by atoms with Gasteiger partial charge in [0.1, 0.15) is 0 Å². The minimum absolute atomic E-state index is 0.425. The van der Waals surface area contributed by atoms with E-state index < -0.39 is 10.0 Å². The van der Waals surface area contributed by atoms with Gasteiger partial charge in [-0.25, -0.2) is 8.42 Å². The fourth-order valence-electron chi connectivity index (χ4n) is 3.81. The van der Waals surface area contributed by atoms with Crippen molar-refractivity contribution < 1.29 is 8.42 Å². The highest BCUT2D eigenvalue weighted by Gasteiger charge is 2.28. The van der Waals surface area contributed by atoms with Gasteiger partial charge in [-0.15, -0.1) is 0 Å². The first-order valence-electron chi connectivity index (χ1n) is 8.62. The molecule has 5 heteroatoms. The normalized spacial score (nSPS) is 15.9. The molecule has 1 N–H and O–H groups in total. The molecule has 0 fully saturated rings. The van der Waals surface area contributed by atoms with E-state index in [-0.39, 0.29) is 0 Å². The van der Waals surface area contributed by atoms with Crippen LogP contribution in [0.2, 0.25) is 0 Å². The summed E-state index contributed by atoms with van der Waals surface area (Å²) in [6, 6.07) is 13.8. The Labute approximate surface area is 148 Å². The van der Waals surface area contributed by atoms with E-state index in [2.05, 4.69) is 17.1 Å². The van der Waals surface area contributed by atoms with E-state index in [0.717, 1.165) is 23.1 Å². The molecule has 4 rings (SSSR count). The van der Waals surface area contributed by atoms with Crippen LogP contribution in [-0.4, -0.2) is 30.8 Å². The molecule has 25 heavy (non-hydrogen) atoms. The van der Waals surface area contributed by atoms with Gasteiger partial charge in [-0.1, -0.05) is 35.9 Å². The predicted molar refractivity (Wildman–Crippen MR) is 100 cm³/mol. The highest BCUT2D eigenvalue weighted by Crippen LogP contribution is 2.28. The average molecular weight is 354 g/mol. The Morgan fingerprint density at radius 3 is 2.56 bits per heavy atom. The van der Waals surface area contributed by atoms with E-state index in [0.29, 0.717) is 24.4 Å². The van der Waals surface area contributed by atoms with Crippen LogP contribution in [0.25, 0.3) is 10.9 Å². The second-order valence-corrected chi connectivity index (χ2v) is 8.71. The van der Waals surface area contributed by atoms with Gasteiger partial charge in [0.25, 0.3) is 0 Å². The maximum absolute atomic E-state index is 13.1. The van der Waals surface area contributed by atoms with Crippen LogP contribution < -0.4 is 0 Å². The van der Waals surface area contributed by atoms with Crippen LogP contribution >= 0.6 is 0 Å². The third-order valence-corrected chi connectivity index (χ3v) is 7.13. The molecule has 1 aliphatic heterocycles. The zero-order chi connectivity index (χ0) is 17.6. The number of nitrogens with zero attached hydrogens (tertiary/aromatic N) is 1. The zero-order valence-corrected chi connectivity index (χ0v) is 15.4. The highest BCUT2D eigenvalue weighted by molar-refractivity contribution is 7.89. The van der Waals surface area contributed by atoms with Gasteiger partial charge in [-0.2, -0.15) is 4.31 Å². The molecule has 3 aromatic rings. The number of nitrogens with one attached hydrogen (secondary N) is 1. The second-order valence-electron chi connectivity index (χ2n) is 6.80. The van der Waals surface area contributed by atoms with Crippen LogP contribution in [0, 0.1) is 13.8 Å². The SMILES string of the molecule is Cc1ccc(S(=O)(=O)N2CCc3[nH]c4ccccc4c3CC2)c(C)c1. The molecule has 2 heterocycles. The lowest BCUT2D eigenvalue weighted by molar-refractivity contribution is 0.426. The zero-order valence-electron chi connectivity index (χ0n) is 14.5. The van der Waals surface area contributed by atoms with Crippen LogP contribution in [0.3, 0.4) is 0 Å². The van der Waals surface area contributed by atoms with Crippen molar-refractivity contribution in [2.24, 2.45) is 0 Å². The summed E-state index contributed by atoms with van der Waals surface area (Å²) in [4.78, 5) is 3.89. The molecule has 1 aliphatic rings. The van der Waals surface area contributed by atoms with Gasteiger partial charge in [0, 0.05) is 36.1 Å². The van der Waals surface area contributed by atoms with Crippen molar-refractivity contribution in [1.29, 1.82) is 0 Å². The average Bonchev–Trinajstić information content (AvgIpc) is 2.78. The molecule has 4 nitrogen and oxygen atoms in total. The first kappa shape index (κ1) is 16.4. The Balaban J connectivity index is 1.67. The van der Waals surface area contributed by atoms with Crippen LogP contribution in [-0.2, 0) is 22.9 Å². The number of para-hydroxylation sites is 1. The maximum Gasteiger partial charge on any atom is 0.243 e. The Morgan fingerprint density at radius 2 is 1.76 bits per heavy atom. The Kier molecular flexibility index (Phi) is 3.93. The fourth-order valence-corrected chi connectivity index (χ4v) is 5.46. The number of rotatable bonds is 2. The van der Waals surface area contributed by atoms with Gasteiger partial charge in [-0.3, -0.25) is 0 Å². The smallest absolute Gasteiger partial charge is 0.243 e. The van der Waals surface area contributed by atoms with Crippen LogP contribution in [0.15, 0.2) is 47.4 Å². The third-order valence-electron chi connectivity index (χ3n) is 5.07. The van der Waals surface area contributed by atoms with E-state index in [4.69, 9.17) is 0 Å². The second kappa shape index (κ2) is 6.00. The number of aromatic nitrogens is 1. The van der Waals surface area contributed by atoms with E-state index in [1.807, 2.05) is 38.1 Å². The Bertz CT molecular complexity index is 1050. The third kappa shape index (κ3) is 2.77. The molecule has 130 valence electrons. The summed E-state index contributed by atoms with van der Waals surface area (Å²) in [7, 11) is -3.46. The summed E-state index contributed by atoms with van der Waals surface area (Å²) in [5.74, 6) is 0. The van der Waals surface area contributed by atoms with Gasteiger partial charge < -0.3 is 4.98 Å². The summed E-state index contributed by atoms with van der Waals surface area (Å²) in [6.07, 6.45) is 1.46. The molecular weight excluding hydrogens is 332 g/mol. The monoisotopic (exact) mass is 354 g/mol. The summed E-state index contributed by atoms with van der Waals surface area (Å²) < 4.78 is 27.9. The lowest BCUT2D eigenvalue weighted by atomic mass is 10.1. The van der Waals surface area contributed by atoms with E-state index in [1.54, 1.807) is 10.4 Å². The number of aryl methyl sites for hydroxylation is 2. The van der Waals surface area contributed by atoms with E-state index in [9.17, 15) is 8.42 Å². The van der Waals surface area contributed by atoms with Crippen molar-refractivity contribution >= 4 is 20.9 Å². The lowest BCUT2D eigenvalue weighted by Gasteiger charge is -2.21. The number of hydrogen-bond acceptors (Lipinski definition) is 2. The van der Waals surface area contributed by atoms with Gasteiger partial charge in [0.2, 0.25) is 10.0 Å². The highest BCUT2D eigenvalue weighted by atomic mass is 32.2. The lowest BCUT2D eigenvalue weighted by Crippen LogP contribution is -2.33. The number of hydrogen-bond donors (Lipinski definition) is 1. The maximum atomic E-state index is 13.1. The van der Waals surface area contributed by atoms with Gasteiger partial charge in [0.15, 0.2) is 0 Å². The molecule has 0 atom stereocenters. The van der Waals surface area contributed by atoms with Crippen LogP contribution in [0.5, 0.6) is 0 Å². The predicted octanol–water partition coefficient (Wildman–Crippen LogP) is 3.57. The number of aromatic amines is 1. The molecule has 0 radical (unpaired) electrons. The molecular formula is C20H22N2O2S. The summed E-state index contributed by atoms with van der Waals surface area (Å²) in [5, 5.41) is 1.21. The molecule has 0 saturated carbocycles. The fraction of sp³-hybridized carbons (Fsp3) is 0.300. The quantitative estimate of drug-likeness (QED) is 0.765. The van der Waals surface area contributed by atoms with Crippen molar-refractivity contribution in [2.45, 2.75) is 31.6 Å². The molecule has 1 aromatic heterocycles. The largest absolute Gasteiger partial charge is 0.358 e. The number of sulfonamides is 1. The van der Waals surface area contributed by atoms with E-state index >= 15 is 0 Å². The molecule has 2 aromatic carbocycles. The van der Waals surface area contributed by atoms with Gasteiger partial charge in [-0.05, 0) is 43.5 Å². The van der Waals surface area contributed by atoms with Crippen LogP contribution in [0.4, 0.5) is 0 Å². The van der Waals surface area contributed by atoms with Crippen molar-refractivity contribution in [2.75, 3.05) is 13.1 Å². The van der Waals surface area contributed by atoms with Crippen molar-refractivity contribution in [1.82, 2.24) is 9.29 Å². The minimum atomic E-state index is -3.46. The topological polar surface area (TPSA) is 53.2 Å². The summed E-state index contributed by atoms with van der Waals surface area (Å²) >= 11 is 0. The van der Waals surface area contributed by atoms with Gasteiger partial charge in [0.05, 0.1) is 4.90 Å². The summed E-state index contributed by atoms with van der Waals surface area (Å²) in [5.41, 5.74) is 5.45. The van der Waals surface area contributed by atoms with E-state index in [1.165, 1.54) is 16.6 Å². The van der Waals surface area contributed by atoms with Crippen LogP contribution in [0.1, 0.15) is 22.4 Å². The standard InChI is InChI=1S/C20H22N2O2S/c1-14-7-8-20(15(2)13-14)25(23,24)22-11-9-17-16-5-3-4-6-18(16)21-19(17)10-12-22/h3-8,13,21H,9-12H2,1-2H3. The number of fused-ring (bicyclic) bond motifs is 3. The van der Waals surface area contributed by atoms with Crippen molar-refractivity contribution in [3.63, 3.8) is 0 Å². The molecule has 0 amide bonds. The number of benzene rings is 2. The summed E-state index contributed by atoms with van der Waals surface area (Å²) in [6.45, 7) is 4.88. The Hall–Kier alpha value is -2.11. The first-order valence-corrected chi connectivity index (χ1v) is 10.1. The Morgan fingerprint density at radius 1 is 1.00 bits per heavy atom. The molecule has 0 unspecified atom stereocenters. The molecule has 0 aliphatic carbocycles. The first-order chi connectivity index (χ1) is 12.0. The van der Waals surface area contributed by atoms with Gasteiger partial charge >= 0.3 is 0 Å². The van der Waals surface area contributed by atoms with Crippen molar-refractivity contribution in [3.8, 4) is 0 Å². The number of H-pyrrole nitrogens is 1. The molecule has 0 saturated heterocycles. The minimum Gasteiger partial charge on any atom is -0.358 e. The molecule has 0 bridgehead atoms. The van der Waals surface area contributed by atoms with Crippen molar-refractivity contribution in [3.05, 3.63) is 64.8 Å².